The highest BCUT2D eigenvalue weighted by Crippen LogP contribution is 2.21. The fraction of sp³-hybridized carbons (Fsp3) is 0.667. The van der Waals surface area contributed by atoms with Gasteiger partial charge in [-0.1, -0.05) is 84.4 Å². The maximum absolute atomic E-state index is 3.83. The lowest BCUT2D eigenvalue weighted by Gasteiger charge is -2.16. The first-order valence-corrected chi connectivity index (χ1v) is 7.03. The van der Waals surface area contributed by atoms with Crippen molar-refractivity contribution in [3.8, 4) is 0 Å². The molecule has 106 valence electrons. The van der Waals surface area contributed by atoms with Crippen molar-refractivity contribution in [2.45, 2.75) is 61.8 Å². The van der Waals surface area contributed by atoms with Gasteiger partial charge in [0.2, 0.25) is 0 Å². The second-order valence-corrected chi connectivity index (χ2v) is 6.39. The molecule has 2 atom stereocenters. The van der Waals surface area contributed by atoms with E-state index in [1.807, 2.05) is 6.08 Å². The molecule has 0 aromatic rings. The van der Waals surface area contributed by atoms with E-state index in [0.717, 1.165) is 5.92 Å². The normalized spacial score (nSPS) is 15.2. The van der Waals surface area contributed by atoms with Gasteiger partial charge in [-0.25, -0.2) is 0 Å². The van der Waals surface area contributed by atoms with E-state index in [4.69, 9.17) is 0 Å². The molecule has 2 unspecified atom stereocenters. The monoisotopic (exact) mass is 250 g/mol. The molecule has 0 heteroatoms. The maximum Gasteiger partial charge on any atom is -0.0178 e. The van der Waals surface area contributed by atoms with Gasteiger partial charge >= 0.3 is 0 Å². The van der Waals surface area contributed by atoms with E-state index in [2.05, 4.69) is 74.6 Å². The van der Waals surface area contributed by atoms with E-state index in [1.165, 1.54) is 17.6 Å². The van der Waals surface area contributed by atoms with Crippen LogP contribution >= 0.6 is 0 Å². The van der Waals surface area contributed by atoms with Gasteiger partial charge < -0.3 is 0 Å². The zero-order valence-electron chi connectivity index (χ0n) is 13.9. The van der Waals surface area contributed by atoms with Gasteiger partial charge in [-0.3, -0.25) is 0 Å². The summed E-state index contributed by atoms with van der Waals surface area (Å²) in [4.78, 5) is 0. The van der Waals surface area contributed by atoms with Crippen LogP contribution in [0.2, 0.25) is 0 Å². The third-order valence-electron chi connectivity index (χ3n) is 3.67. The average Bonchev–Trinajstić information content (AvgIpc) is 2.27. The van der Waals surface area contributed by atoms with Crippen molar-refractivity contribution in [2.24, 2.45) is 17.3 Å². The lowest BCUT2D eigenvalue weighted by Crippen LogP contribution is -2.04. The van der Waals surface area contributed by atoms with Crippen molar-refractivity contribution in [3.05, 3.63) is 36.5 Å². The predicted octanol–water partition coefficient (Wildman–Crippen LogP) is 6.41. The Hall–Kier alpha value is -0.780. The van der Waals surface area contributed by atoms with Gasteiger partial charge in [0.15, 0.2) is 0 Å². The summed E-state index contributed by atoms with van der Waals surface area (Å²) in [6, 6.07) is 0. The second-order valence-electron chi connectivity index (χ2n) is 6.39. The molecule has 0 heterocycles. The molecule has 0 saturated heterocycles. The van der Waals surface area contributed by atoms with Crippen LogP contribution in [0.15, 0.2) is 36.5 Å². The molecule has 0 rings (SSSR count). The van der Waals surface area contributed by atoms with Crippen LogP contribution in [0.5, 0.6) is 0 Å². The highest BCUT2D eigenvalue weighted by atomic mass is 14.1. The smallest absolute Gasteiger partial charge is 0.0178 e. The largest absolute Gasteiger partial charge is 0.0996 e. The molecule has 0 saturated carbocycles. The number of rotatable bonds is 4. The Morgan fingerprint density at radius 1 is 1.17 bits per heavy atom. The Labute approximate surface area is 116 Å². The van der Waals surface area contributed by atoms with Gasteiger partial charge in [0.25, 0.3) is 0 Å². The zero-order chi connectivity index (χ0) is 14.9. The lowest BCUT2D eigenvalue weighted by atomic mass is 9.89. The summed E-state index contributed by atoms with van der Waals surface area (Å²) in [7, 11) is 0. The Morgan fingerprint density at radius 2 is 1.56 bits per heavy atom. The first-order chi connectivity index (χ1) is 8.06. The minimum Gasteiger partial charge on any atom is -0.0996 e. The Morgan fingerprint density at radius 3 is 1.78 bits per heavy atom. The number of hydrogen-bond donors (Lipinski definition) is 0. The summed E-state index contributed by atoms with van der Waals surface area (Å²) in [5, 5.41) is 0. The van der Waals surface area contributed by atoms with E-state index in [0.29, 0.717) is 11.3 Å². The van der Waals surface area contributed by atoms with Crippen molar-refractivity contribution < 1.29 is 0 Å². The molecule has 0 aromatic carbocycles. The SMILES string of the molecule is C=C(C)C(C)(C)C.C=C/C(C)=C\C(C)C(C)CC. The molecule has 0 bridgehead atoms. The molecule has 0 spiro atoms. The van der Waals surface area contributed by atoms with Crippen LogP contribution < -0.4 is 0 Å². The molecule has 0 aliphatic rings. The van der Waals surface area contributed by atoms with Crippen molar-refractivity contribution in [2.75, 3.05) is 0 Å². The van der Waals surface area contributed by atoms with E-state index < -0.39 is 0 Å². The molecule has 0 nitrogen and oxygen atoms in total. The van der Waals surface area contributed by atoms with Crippen LogP contribution in [0.3, 0.4) is 0 Å². The van der Waals surface area contributed by atoms with Gasteiger partial charge in [0.05, 0.1) is 0 Å². The van der Waals surface area contributed by atoms with Crippen molar-refractivity contribution in [1.82, 2.24) is 0 Å². The third-order valence-corrected chi connectivity index (χ3v) is 3.67. The van der Waals surface area contributed by atoms with Crippen LogP contribution in [0.1, 0.15) is 61.8 Å². The number of allylic oxidation sites excluding steroid dienone is 4. The van der Waals surface area contributed by atoms with Gasteiger partial charge in [-0.15, -0.1) is 0 Å². The lowest BCUT2D eigenvalue weighted by molar-refractivity contribution is 0.445. The Kier molecular flexibility index (Phi) is 9.99. The molecular weight excluding hydrogens is 216 g/mol. The first kappa shape index (κ1) is 19.6. The summed E-state index contributed by atoms with van der Waals surface area (Å²) in [5.74, 6) is 1.46. The molecule has 0 aliphatic heterocycles. The van der Waals surface area contributed by atoms with Crippen LogP contribution in [0, 0.1) is 17.3 Å². The highest BCUT2D eigenvalue weighted by molar-refractivity contribution is 5.13. The Balaban J connectivity index is 0. The fourth-order valence-electron chi connectivity index (χ4n) is 1.02. The standard InChI is InChI=1S/C11H20.C7H14/c1-6-9(3)8-11(5)10(4)7-2;1-6(2)7(3,4)5/h6,8,10-11H,1,7H2,2-5H3;1H2,2-5H3/b9-8-;. The quantitative estimate of drug-likeness (QED) is 0.399. The third kappa shape index (κ3) is 10.4. The van der Waals surface area contributed by atoms with Gasteiger partial charge in [-0.05, 0) is 31.1 Å². The fourth-order valence-corrected chi connectivity index (χ4v) is 1.02. The molecule has 0 radical (unpaired) electrons. The van der Waals surface area contributed by atoms with E-state index in [-0.39, 0.29) is 0 Å². The van der Waals surface area contributed by atoms with E-state index in [9.17, 15) is 0 Å². The molecule has 0 amide bonds. The minimum atomic E-state index is 0.306. The van der Waals surface area contributed by atoms with Crippen LogP contribution in [-0.4, -0.2) is 0 Å². The van der Waals surface area contributed by atoms with Crippen LogP contribution in [0.4, 0.5) is 0 Å². The Bertz CT molecular complexity index is 273. The van der Waals surface area contributed by atoms with Crippen LogP contribution in [0.25, 0.3) is 0 Å². The maximum atomic E-state index is 3.83. The van der Waals surface area contributed by atoms with Crippen molar-refractivity contribution in [1.29, 1.82) is 0 Å². The summed E-state index contributed by atoms with van der Waals surface area (Å²) in [6.45, 7) is 25.0. The molecule has 0 aromatic heterocycles. The summed E-state index contributed by atoms with van der Waals surface area (Å²) < 4.78 is 0. The van der Waals surface area contributed by atoms with Crippen molar-refractivity contribution >= 4 is 0 Å². The summed E-state index contributed by atoms with van der Waals surface area (Å²) >= 11 is 0. The van der Waals surface area contributed by atoms with Gasteiger partial charge in [-0.2, -0.15) is 0 Å². The van der Waals surface area contributed by atoms with Crippen molar-refractivity contribution in [3.63, 3.8) is 0 Å². The van der Waals surface area contributed by atoms with Gasteiger partial charge in [0.1, 0.15) is 0 Å². The molecular formula is C18H34. The molecule has 0 fully saturated rings. The molecule has 0 aliphatic carbocycles. The van der Waals surface area contributed by atoms with Crippen LogP contribution in [-0.2, 0) is 0 Å². The highest BCUT2D eigenvalue weighted by Gasteiger charge is 2.08. The average molecular weight is 250 g/mol. The molecule has 18 heavy (non-hydrogen) atoms. The molecule has 0 N–H and O–H groups in total. The minimum absolute atomic E-state index is 0.306. The summed E-state index contributed by atoms with van der Waals surface area (Å²) in [5.41, 5.74) is 2.84. The first-order valence-electron chi connectivity index (χ1n) is 7.03. The summed E-state index contributed by atoms with van der Waals surface area (Å²) in [6.07, 6.45) is 5.46. The predicted molar refractivity (Wildman–Crippen MR) is 86.8 cm³/mol. The second kappa shape index (κ2) is 9.19. The van der Waals surface area contributed by atoms with E-state index in [1.54, 1.807) is 0 Å². The topological polar surface area (TPSA) is 0 Å². The zero-order valence-corrected chi connectivity index (χ0v) is 13.9. The van der Waals surface area contributed by atoms with E-state index >= 15 is 0 Å². The number of hydrogen-bond acceptors (Lipinski definition) is 0. The van der Waals surface area contributed by atoms with Gasteiger partial charge in [0, 0.05) is 0 Å².